The van der Waals surface area contributed by atoms with Crippen molar-refractivity contribution in [1.82, 2.24) is 14.5 Å². The summed E-state index contributed by atoms with van der Waals surface area (Å²) in [5, 5.41) is 3.57. The summed E-state index contributed by atoms with van der Waals surface area (Å²) in [7, 11) is 0. The number of hydrogen-bond donors (Lipinski definition) is 2. The molecule has 2 aromatic carbocycles. The number of nitrogens with zero attached hydrogens (tertiary/aromatic N) is 2. The van der Waals surface area contributed by atoms with E-state index in [-0.39, 0.29) is 11.7 Å². The number of imidazole rings is 1. The van der Waals surface area contributed by atoms with Crippen LogP contribution in [0, 0.1) is 12.7 Å². The zero-order valence-electron chi connectivity index (χ0n) is 14.2. The van der Waals surface area contributed by atoms with Crippen LogP contribution in [0.25, 0.3) is 10.9 Å². The Bertz CT molecular complexity index is 1080. The van der Waals surface area contributed by atoms with E-state index in [1.807, 2.05) is 11.5 Å². The highest BCUT2D eigenvalue weighted by Crippen LogP contribution is 2.24. The number of rotatable bonds is 4. The van der Waals surface area contributed by atoms with Gasteiger partial charge >= 0.3 is 0 Å². The van der Waals surface area contributed by atoms with Crippen LogP contribution in [-0.4, -0.2) is 20.4 Å². The minimum absolute atomic E-state index is 0.308. The molecule has 0 unspecified atom stereocenters. The molecule has 0 aliphatic heterocycles. The predicted molar refractivity (Wildman–Crippen MR) is 98.7 cm³/mol. The number of benzene rings is 2. The van der Waals surface area contributed by atoms with Gasteiger partial charge in [0.05, 0.1) is 17.5 Å². The molecule has 0 atom stereocenters. The Hall–Kier alpha value is -3.41. The summed E-state index contributed by atoms with van der Waals surface area (Å²) in [6.07, 6.45) is 4.99. The van der Waals surface area contributed by atoms with Crippen molar-refractivity contribution < 1.29 is 9.18 Å². The number of aromatic amines is 1. The molecule has 2 aromatic heterocycles. The Kier molecular flexibility index (Phi) is 4.01. The minimum Gasteiger partial charge on any atom is -0.359 e. The first kappa shape index (κ1) is 16.1. The summed E-state index contributed by atoms with van der Waals surface area (Å²) >= 11 is 0. The van der Waals surface area contributed by atoms with E-state index in [0.29, 0.717) is 23.4 Å². The minimum atomic E-state index is -0.327. The average Bonchev–Trinajstić information content (AvgIpc) is 3.24. The molecule has 4 rings (SSSR count). The molecule has 0 aliphatic rings. The van der Waals surface area contributed by atoms with Crippen molar-refractivity contribution >= 4 is 22.5 Å². The van der Waals surface area contributed by atoms with E-state index in [9.17, 15) is 9.18 Å². The summed E-state index contributed by atoms with van der Waals surface area (Å²) in [5.41, 5.74) is 3.90. The first-order chi connectivity index (χ1) is 12.6. The first-order valence-corrected chi connectivity index (χ1v) is 8.24. The van der Waals surface area contributed by atoms with Crippen molar-refractivity contribution in [2.75, 3.05) is 5.32 Å². The molecule has 2 N–H and O–H groups in total. The number of amides is 1. The van der Waals surface area contributed by atoms with Crippen molar-refractivity contribution in [3.63, 3.8) is 0 Å². The Balaban J connectivity index is 1.49. The summed E-state index contributed by atoms with van der Waals surface area (Å²) in [5.74, 6) is -0.634. The number of aromatic nitrogens is 3. The number of H-pyrrole nitrogens is 1. The third-order valence-corrected chi connectivity index (χ3v) is 4.24. The Morgan fingerprint density at radius 2 is 2.04 bits per heavy atom. The molecule has 0 spiro atoms. The van der Waals surface area contributed by atoms with Gasteiger partial charge in [-0.15, -0.1) is 0 Å². The van der Waals surface area contributed by atoms with Crippen molar-refractivity contribution in [3.8, 4) is 0 Å². The predicted octanol–water partition coefficient (Wildman–Crippen LogP) is 4.11. The van der Waals surface area contributed by atoms with Gasteiger partial charge in [-0.2, -0.15) is 0 Å². The smallest absolute Gasteiger partial charge is 0.275 e. The summed E-state index contributed by atoms with van der Waals surface area (Å²) in [6, 6.07) is 12.6. The topological polar surface area (TPSA) is 62.7 Å². The van der Waals surface area contributed by atoms with E-state index in [1.165, 1.54) is 17.7 Å². The Morgan fingerprint density at radius 1 is 1.23 bits per heavy atom. The van der Waals surface area contributed by atoms with Gasteiger partial charge in [0.1, 0.15) is 11.5 Å². The van der Waals surface area contributed by atoms with Gasteiger partial charge in [-0.1, -0.05) is 29.8 Å². The van der Waals surface area contributed by atoms with Crippen LogP contribution in [0.5, 0.6) is 0 Å². The molecule has 1 amide bonds. The molecule has 0 radical (unpaired) electrons. The molecule has 6 heteroatoms. The van der Waals surface area contributed by atoms with Gasteiger partial charge in [0, 0.05) is 24.3 Å². The molecule has 5 nitrogen and oxygen atoms in total. The van der Waals surface area contributed by atoms with Crippen LogP contribution in [0.4, 0.5) is 10.1 Å². The summed E-state index contributed by atoms with van der Waals surface area (Å²) in [4.78, 5) is 19.6. The van der Waals surface area contributed by atoms with Crippen LogP contribution in [0.3, 0.4) is 0 Å². The number of fused-ring (bicyclic) bond motifs is 1. The summed E-state index contributed by atoms with van der Waals surface area (Å²) in [6.45, 7) is 2.69. The Labute approximate surface area is 149 Å². The van der Waals surface area contributed by atoms with Gasteiger partial charge in [0.15, 0.2) is 0 Å². The molecule has 2 heterocycles. The van der Waals surface area contributed by atoms with Crippen LogP contribution in [-0.2, 0) is 6.54 Å². The zero-order chi connectivity index (χ0) is 18.1. The van der Waals surface area contributed by atoms with Crippen molar-refractivity contribution in [3.05, 3.63) is 83.8 Å². The molecule has 0 saturated carbocycles. The Morgan fingerprint density at radius 3 is 2.85 bits per heavy atom. The number of halogens is 1. The van der Waals surface area contributed by atoms with Gasteiger partial charge in [-0.05, 0) is 30.7 Å². The molecule has 130 valence electrons. The maximum Gasteiger partial charge on any atom is 0.275 e. The van der Waals surface area contributed by atoms with Crippen molar-refractivity contribution in [2.24, 2.45) is 0 Å². The van der Waals surface area contributed by atoms with Crippen LogP contribution >= 0.6 is 0 Å². The molecular weight excluding hydrogens is 331 g/mol. The fourth-order valence-electron chi connectivity index (χ4n) is 2.86. The third-order valence-electron chi connectivity index (χ3n) is 4.24. The number of hydrogen-bond acceptors (Lipinski definition) is 2. The normalized spacial score (nSPS) is 11.0. The van der Waals surface area contributed by atoms with E-state index in [2.05, 4.69) is 39.6 Å². The lowest BCUT2D eigenvalue weighted by molar-refractivity contribution is 0.102. The molecule has 0 bridgehead atoms. The van der Waals surface area contributed by atoms with E-state index in [1.54, 1.807) is 24.8 Å². The maximum absolute atomic E-state index is 13.3. The lowest BCUT2D eigenvalue weighted by atomic mass is 10.1. The van der Waals surface area contributed by atoms with E-state index in [4.69, 9.17) is 0 Å². The second kappa shape index (κ2) is 6.48. The molecule has 0 fully saturated rings. The van der Waals surface area contributed by atoms with Gasteiger partial charge in [0.2, 0.25) is 0 Å². The van der Waals surface area contributed by atoms with Gasteiger partial charge in [-0.3, -0.25) is 4.79 Å². The molecule has 0 aliphatic carbocycles. The van der Waals surface area contributed by atoms with E-state index >= 15 is 0 Å². The van der Waals surface area contributed by atoms with E-state index < -0.39 is 0 Å². The SMILES string of the molecule is Cc1ccc(Cn2cnc(C(=O)Nc3c[nH]c4cc(F)ccc34)c2)cc1. The average molecular weight is 348 g/mol. The van der Waals surface area contributed by atoms with Crippen LogP contribution in [0.15, 0.2) is 61.2 Å². The second-order valence-electron chi connectivity index (χ2n) is 6.26. The lowest BCUT2D eigenvalue weighted by Crippen LogP contribution is -2.12. The molecule has 0 saturated heterocycles. The number of aryl methyl sites for hydroxylation is 1. The first-order valence-electron chi connectivity index (χ1n) is 8.24. The van der Waals surface area contributed by atoms with Crippen molar-refractivity contribution in [2.45, 2.75) is 13.5 Å². The maximum atomic E-state index is 13.3. The summed E-state index contributed by atoms with van der Waals surface area (Å²) < 4.78 is 15.1. The standard InChI is InChI=1S/C20H17FN4O/c1-13-2-4-14(5-3-13)10-25-11-19(23-12-25)20(26)24-18-9-22-17-8-15(21)6-7-16(17)18/h2-9,11-12,22H,10H2,1H3,(H,24,26). The quantitative estimate of drug-likeness (QED) is 0.583. The third kappa shape index (κ3) is 3.21. The molecule has 4 aromatic rings. The highest BCUT2D eigenvalue weighted by Gasteiger charge is 2.13. The second-order valence-corrected chi connectivity index (χ2v) is 6.26. The van der Waals surface area contributed by atoms with Crippen molar-refractivity contribution in [1.29, 1.82) is 0 Å². The van der Waals surface area contributed by atoms with Crippen LogP contribution < -0.4 is 5.32 Å². The number of carbonyl (C=O) groups is 1. The van der Waals surface area contributed by atoms with Crippen LogP contribution in [0.1, 0.15) is 21.6 Å². The van der Waals surface area contributed by atoms with Gasteiger partial charge in [-0.25, -0.2) is 9.37 Å². The highest BCUT2D eigenvalue weighted by molar-refractivity contribution is 6.07. The zero-order valence-corrected chi connectivity index (χ0v) is 14.2. The highest BCUT2D eigenvalue weighted by atomic mass is 19.1. The van der Waals surface area contributed by atoms with Gasteiger partial charge in [0.25, 0.3) is 5.91 Å². The molecule has 26 heavy (non-hydrogen) atoms. The number of nitrogens with one attached hydrogen (secondary N) is 2. The monoisotopic (exact) mass is 348 g/mol. The van der Waals surface area contributed by atoms with E-state index in [0.717, 1.165) is 10.9 Å². The largest absolute Gasteiger partial charge is 0.359 e. The molecular formula is C20H17FN4O. The fraction of sp³-hybridized carbons (Fsp3) is 0.100. The fourth-order valence-corrected chi connectivity index (χ4v) is 2.86. The number of anilines is 1. The lowest BCUT2D eigenvalue weighted by Gasteiger charge is -2.03. The number of carbonyl (C=O) groups excluding carboxylic acids is 1. The van der Waals surface area contributed by atoms with Crippen LogP contribution in [0.2, 0.25) is 0 Å². The van der Waals surface area contributed by atoms with Gasteiger partial charge < -0.3 is 14.9 Å².